The largest absolute Gasteiger partial charge is 0.508 e. The Morgan fingerprint density at radius 3 is 2.55 bits per heavy atom. The van der Waals surface area contributed by atoms with Crippen molar-refractivity contribution in [2.75, 3.05) is 54.5 Å². The Labute approximate surface area is 416 Å². The number of aliphatic hydroxyl groups is 1. The monoisotopic (exact) mass is 975 g/mol. The molecule has 6 bridgehead atoms. The van der Waals surface area contributed by atoms with Crippen molar-refractivity contribution in [1.29, 1.82) is 0 Å². The van der Waals surface area contributed by atoms with E-state index in [0.717, 1.165) is 44.0 Å². The second-order valence-corrected chi connectivity index (χ2v) is 20.8. The van der Waals surface area contributed by atoms with Gasteiger partial charge in [0.15, 0.2) is 0 Å². The molecule has 3 aliphatic rings. The third-order valence-electron chi connectivity index (χ3n) is 13.8. The molecule has 380 valence electrons. The second kappa shape index (κ2) is 21.6. The van der Waals surface area contributed by atoms with E-state index >= 15 is 0 Å². The van der Waals surface area contributed by atoms with Crippen molar-refractivity contribution in [3.05, 3.63) is 71.5 Å². The van der Waals surface area contributed by atoms with Gasteiger partial charge < -0.3 is 39.4 Å². The maximum Gasteiger partial charge on any atom is 0.355 e. The normalized spacial score (nSPS) is 21.9. The van der Waals surface area contributed by atoms with Crippen molar-refractivity contribution in [2.24, 2.45) is 17.3 Å². The Morgan fingerprint density at radius 1 is 1.08 bits per heavy atom. The summed E-state index contributed by atoms with van der Waals surface area (Å²) in [5.41, 5.74) is 6.37. The number of phenols is 1. The van der Waals surface area contributed by atoms with E-state index in [1.54, 1.807) is 31.3 Å². The number of fused-ring (bicyclic) bond motifs is 6. The average molecular weight is 975 g/mol. The van der Waals surface area contributed by atoms with E-state index < -0.39 is 52.8 Å². The van der Waals surface area contributed by atoms with Gasteiger partial charge in [0.05, 0.1) is 37.1 Å². The van der Waals surface area contributed by atoms with Gasteiger partial charge >= 0.3 is 5.97 Å². The van der Waals surface area contributed by atoms with E-state index in [4.69, 9.17) is 14.5 Å². The van der Waals surface area contributed by atoms with Gasteiger partial charge in [-0.25, -0.2) is 4.79 Å². The third kappa shape index (κ3) is 11.4. The smallest absolute Gasteiger partial charge is 0.355 e. The first-order chi connectivity index (χ1) is 33.6. The first-order valence-corrected chi connectivity index (χ1v) is 24.6. The molecule has 3 aliphatic heterocycles. The molecule has 5 atom stereocenters. The van der Waals surface area contributed by atoms with Crippen LogP contribution in [0.25, 0.3) is 33.3 Å². The SMILES string of the molecule is CCn1c(-c2cccnc2COC)c2c3cc(ccc31)-c1cc(O)cc(c1)C[C@H](NC(=O)[C@@H](C(C)C)N(C)C(=O)[C@H]1C[C@@H](C)N(C(=O)C#CCN(C)C)C1)C(=O)N1CCC[C@@](O)(N1)C(=O)OCC(C)(C)C2. The number of likely N-dealkylation sites (tertiary alicyclic amines) is 1. The van der Waals surface area contributed by atoms with Crippen LogP contribution in [0, 0.1) is 29.1 Å². The quantitative estimate of drug-likeness (QED) is 0.129. The number of amides is 4. The number of aromatic nitrogens is 2. The van der Waals surface area contributed by atoms with E-state index in [0.29, 0.717) is 37.1 Å². The number of methoxy groups -OCH3 is 1. The zero-order chi connectivity index (χ0) is 51.5. The van der Waals surface area contributed by atoms with E-state index in [1.165, 1.54) is 11.0 Å². The van der Waals surface area contributed by atoms with Gasteiger partial charge in [0.25, 0.3) is 11.8 Å². The van der Waals surface area contributed by atoms with Crippen LogP contribution in [0.4, 0.5) is 0 Å². The second-order valence-electron chi connectivity index (χ2n) is 20.8. The fraction of sp³-hybridized carbons (Fsp3) is 0.519. The number of ether oxygens (including phenoxy) is 2. The highest BCUT2D eigenvalue weighted by Gasteiger charge is 2.46. The summed E-state index contributed by atoms with van der Waals surface area (Å²) in [7, 11) is 6.90. The van der Waals surface area contributed by atoms with Crippen molar-refractivity contribution in [2.45, 2.75) is 111 Å². The number of carbonyl (C=O) groups excluding carboxylic acids is 5. The van der Waals surface area contributed by atoms with Crippen LogP contribution in [0.15, 0.2) is 54.7 Å². The Balaban J connectivity index is 1.27. The number of nitrogens with zero attached hydrogens (tertiary/aromatic N) is 6. The number of aryl methyl sites for hydroxylation is 1. The van der Waals surface area contributed by atoms with Gasteiger partial charge in [-0.05, 0) is 118 Å². The fourth-order valence-electron chi connectivity index (χ4n) is 10.4. The Morgan fingerprint density at radius 2 is 1.85 bits per heavy atom. The molecule has 2 aromatic heterocycles. The van der Waals surface area contributed by atoms with Gasteiger partial charge in [-0.1, -0.05) is 45.7 Å². The lowest BCUT2D eigenvalue weighted by molar-refractivity contribution is -0.189. The number of rotatable bonds is 10. The van der Waals surface area contributed by atoms with E-state index in [-0.39, 0.29) is 69.2 Å². The Kier molecular flexibility index (Phi) is 16.0. The van der Waals surface area contributed by atoms with Crippen molar-refractivity contribution >= 4 is 40.5 Å². The minimum atomic E-state index is -2.27. The first kappa shape index (κ1) is 52.5. The molecule has 4 N–H and O–H groups in total. The third-order valence-corrected chi connectivity index (χ3v) is 13.8. The highest BCUT2D eigenvalue weighted by Crippen LogP contribution is 2.41. The Bertz CT molecular complexity index is 2740. The minimum absolute atomic E-state index is 0.0447. The number of phenolic OH excluding ortho intramolecular Hbond substituents is 1. The fourth-order valence-corrected chi connectivity index (χ4v) is 10.4. The van der Waals surface area contributed by atoms with Crippen LogP contribution in [-0.2, 0) is 59.4 Å². The zero-order valence-electron chi connectivity index (χ0n) is 42.8. The molecular weight excluding hydrogens is 905 g/mol. The predicted octanol–water partition coefficient (Wildman–Crippen LogP) is 4.50. The number of cyclic esters (lactones) is 1. The summed E-state index contributed by atoms with van der Waals surface area (Å²) in [5, 5.41) is 28.3. The lowest BCUT2D eigenvalue weighted by Gasteiger charge is -2.40. The summed E-state index contributed by atoms with van der Waals surface area (Å²) in [4.78, 5) is 80.4. The number of aromatic hydroxyl groups is 1. The van der Waals surface area contributed by atoms with Crippen molar-refractivity contribution < 1.29 is 43.7 Å². The molecule has 0 aliphatic carbocycles. The molecule has 4 amide bonds. The Hall–Kier alpha value is -6.32. The summed E-state index contributed by atoms with van der Waals surface area (Å²) in [6, 6.07) is 12.5. The molecule has 7 rings (SSSR count). The summed E-state index contributed by atoms with van der Waals surface area (Å²) in [6.45, 7) is 13.1. The molecule has 17 nitrogen and oxygen atoms in total. The van der Waals surface area contributed by atoms with Crippen molar-refractivity contribution in [1.82, 2.24) is 40.0 Å². The number of pyridine rings is 1. The summed E-state index contributed by atoms with van der Waals surface area (Å²) >= 11 is 0. The molecule has 2 saturated heterocycles. The summed E-state index contributed by atoms with van der Waals surface area (Å²) < 4.78 is 13.8. The molecular formula is C54H70N8O9. The molecule has 5 heterocycles. The number of benzene rings is 2. The molecule has 0 radical (unpaired) electrons. The standard InChI is InChI=1S/C54H70N8O9/c1-11-60-45-18-17-36-28-41(45)42(48(60)40-15-12-20-55-44(40)31-70-10)29-53(5,6)32-71-52(68)54(69)19-14-22-62(57-54)51(67)43(26-35-24-37(36)27-39(63)25-35)56-49(65)47(33(2)3)59(9)50(66)38-23-34(4)61(30-38)46(64)16-13-21-58(7)8/h12,15,17-18,20,24-25,27-28,33-34,38,43,47,57,63,69H,11,14,19,21-23,26,29-32H2,1-10H3,(H,56,65)/t34-,38+,43+,47-,54+/m1/s1. The predicted molar refractivity (Wildman–Crippen MR) is 269 cm³/mol. The number of hydrogen-bond donors (Lipinski definition) is 4. The van der Waals surface area contributed by atoms with E-state index in [2.05, 4.69) is 46.2 Å². The van der Waals surface area contributed by atoms with Crippen LogP contribution in [-0.4, -0.2) is 147 Å². The van der Waals surface area contributed by atoms with Gasteiger partial charge in [-0.2, -0.15) is 5.43 Å². The minimum Gasteiger partial charge on any atom is -0.508 e. The maximum absolute atomic E-state index is 14.8. The van der Waals surface area contributed by atoms with Gasteiger partial charge in [0.1, 0.15) is 17.8 Å². The van der Waals surface area contributed by atoms with Gasteiger partial charge in [0.2, 0.25) is 17.5 Å². The first-order valence-electron chi connectivity index (χ1n) is 24.6. The van der Waals surface area contributed by atoms with Crippen molar-refractivity contribution in [3.8, 4) is 40.0 Å². The molecule has 2 aromatic carbocycles. The number of nitrogens with one attached hydrogen (secondary N) is 2. The number of carbonyl (C=O) groups is 5. The van der Waals surface area contributed by atoms with Crippen LogP contribution in [0.2, 0.25) is 0 Å². The number of esters is 1. The van der Waals surface area contributed by atoms with Gasteiger partial charge in [-0.3, -0.25) is 34.1 Å². The maximum atomic E-state index is 14.8. The van der Waals surface area contributed by atoms with Gasteiger partial charge in [-0.15, -0.1) is 0 Å². The lowest BCUT2D eigenvalue weighted by Crippen LogP contribution is -2.67. The number of likely N-dealkylation sites (N-methyl/N-ethyl adjacent to an activating group) is 1. The molecule has 17 heteroatoms. The van der Waals surface area contributed by atoms with Crippen LogP contribution in [0.5, 0.6) is 5.75 Å². The van der Waals surface area contributed by atoms with E-state index in [9.17, 15) is 34.2 Å². The van der Waals surface area contributed by atoms with Crippen molar-refractivity contribution in [3.63, 3.8) is 0 Å². The molecule has 2 fully saturated rings. The van der Waals surface area contributed by atoms with E-state index in [1.807, 2.05) is 77.9 Å². The van der Waals surface area contributed by atoms with Crippen LogP contribution in [0.3, 0.4) is 0 Å². The summed E-state index contributed by atoms with van der Waals surface area (Å²) in [6.07, 6.45) is 2.66. The highest BCUT2D eigenvalue weighted by atomic mass is 16.6. The molecule has 0 spiro atoms. The average Bonchev–Trinajstić information content (AvgIpc) is 3.86. The molecule has 71 heavy (non-hydrogen) atoms. The molecule has 0 saturated carbocycles. The number of hydrazine groups is 1. The molecule has 4 aromatic rings. The summed E-state index contributed by atoms with van der Waals surface area (Å²) in [5.74, 6) is 1.61. The number of hydrogen-bond acceptors (Lipinski definition) is 12. The van der Waals surface area contributed by atoms with Gasteiger partial charge in [0, 0.05) is 80.8 Å². The molecule has 0 unspecified atom stereocenters. The van der Waals surface area contributed by atoms with Crippen LogP contribution >= 0.6 is 0 Å². The lowest BCUT2D eigenvalue weighted by atomic mass is 9.84. The topological polar surface area (TPSA) is 199 Å². The van der Waals surface area contributed by atoms with Crippen LogP contribution < -0.4 is 10.7 Å². The zero-order valence-corrected chi connectivity index (χ0v) is 42.8. The van der Waals surface area contributed by atoms with Crippen LogP contribution in [0.1, 0.15) is 77.6 Å². The highest BCUT2D eigenvalue weighted by molar-refractivity contribution is 5.97.